The van der Waals surface area contributed by atoms with Crippen LogP contribution in [-0.4, -0.2) is 18.1 Å². The fraction of sp³-hybridized carbons (Fsp3) is 0.316. The Hall–Kier alpha value is -2.53. The second-order valence-corrected chi connectivity index (χ2v) is 6.12. The summed E-state index contributed by atoms with van der Waals surface area (Å²) in [5.41, 5.74) is 12.0. The molecule has 0 spiro atoms. The molecule has 2 amide bonds. The van der Waals surface area contributed by atoms with Gasteiger partial charge in [0, 0.05) is 13.6 Å². The Morgan fingerprint density at radius 3 is 2.46 bits per heavy atom. The molecule has 0 saturated heterocycles. The van der Waals surface area contributed by atoms with E-state index in [1.807, 2.05) is 30.3 Å². The van der Waals surface area contributed by atoms with Crippen LogP contribution < -0.4 is 15.9 Å². The summed E-state index contributed by atoms with van der Waals surface area (Å²) in [7, 11) is 1.59. The van der Waals surface area contributed by atoms with Crippen LogP contribution >= 0.6 is 0 Å². The van der Waals surface area contributed by atoms with Crippen LogP contribution in [0.4, 0.5) is 4.79 Å². The summed E-state index contributed by atoms with van der Waals surface area (Å²) >= 11 is 0. The molecule has 0 aliphatic heterocycles. The molecule has 5 heteroatoms. The average Bonchev–Trinajstić information content (AvgIpc) is 2.60. The smallest absolute Gasteiger partial charge is 0.328 e. The van der Waals surface area contributed by atoms with Gasteiger partial charge in [-0.05, 0) is 66.6 Å². The molecule has 0 aromatic heterocycles. The lowest BCUT2D eigenvalue weighted by Crippen LogP contribution is -2.42. The molecule has 24 heavy (non-hydrogen) atoms. The molecular weight excluding hydrogens is 302 g/mol. The van der Waals surface area contributed by atoms with E-state index in [0.29, 0.717) is 6.54 Å². The molecule has 0 bridgehead atoms. The Balaban J connectivity index is 1.61. The highest BCUT2D eigenvalue weighted by Gasteiger charge is 2.10. The predicted molar refractivity (Wildman–Crippen MR) is 93.8 cm³/mol. The number of nitrogens with two attached hydrogens (primary N) is 1. The Morgan fingerprint density at radius 2 is 1.75 bits per heavy atom. The first-order valence-electron chi connectivity index (χ1n) is 8.27. The van der Waals surface area contributed by atoms with Gasteiger partial charge in [0.1, 0.15) is 11.5 Å². The number of benzene rings is 2. The maximum atomic E-state index is 10.9. The van der Waals surface area contributed by atoms with Crippen molar-refractivity contribution in [3.8, 4) is 11.5 Å². The van der Waals surface area contributed by atoms with E-state index in [-0.39, 0.29) is 0 Å². The summed E-state index contributed by atoms with van der Waals surface area (Å²) < 4.78 is 5.96. The quantitative estimate of drug-likeness (QED) is 0.828. The van der Waals surface area contributed by atoms with Crippen LogP contribution in [-0.2, 0) is 19.4 Å². The van der Waals surface area contributed by atoms with Crippen LogP contribution in [0.3, 0.4) is 0 Å². The molecular formula is C19H23N3O2. The third-order valence-electron chi connectivity index (χ3n) is 4.33. The maximum Gasteiger partial charge on any atom is 0.328 e. The average molecular weight is 325 g/mol. The second-order valence-electron chi connectivity index (χ2n) is 6.12. The van der Waals surface area contributed by atoms with Crippen molar-refractivity contribution in [3.05, 3.63) is 59.2 Å². The molecule has 0 radical (unpaired) electrons. The number of primary amides is 1. The normalized spacial score (nSPS) is 13.2. The van der Waals surface area contributed by atoms with Gasteiger partial charge in [0.25, 0.3) is 0 Å². The second kappa shape index (κ2) is 7.36. The van der Waals surface area contributed by atoms with E-state index in [1.54, 1.807) is 7.05 Å². The number of amides is 2. The lowest BCUT2D eigenvalue weighted by Gasteiger charge is -2.17. The number of ether oxygens (including phenoxy) is 1. The molecule has 0 saturated carbocycles. The van der Waals surface area contributed by atoms with Crippen molar-refractivity contribution in [3.63, 3.8) is 0 Å². The zero-order chi connectivity index (χ0) is 16.9. The van der Waals surface area contributed by atoms with Crippen molar-refractivity contribution >= 4 is 6.03 Å². The number of nitrogens with one attached hydrogen (secondary N) is 1. The van der Waals surface area contributed by atoms with E-state index in [0.717, 1.165) is 23.5 Å². The first kappa shape index (κ1) is 16.3. The number of urea groups is 1. The van der Waals surface area contributed by atoms with Crippen molar-refractivity contribution in [2.45, 2.75) is 32.2 Å². The maximum absolute atomic E-state index is 10.9. The van der Waals surface area contributed by atoms with Gasteiger partial charge in [0.2, 0.25) is 0 Å². The van der Waals surface area contributed by atoms with Crippen molar-refractivity contribution in [1.82, 2.24) is 10.4 Å². The standard InChI is InChI=1S/C19H23N3O2/c1-22(19(20)23)21-13-14-6-9-17(10-7-14)24-18-11-8-15-4-2-3-5-16(15)12-18/h6-12,21H,2-5,13H2,1H3,(H2,20,23). The zero-order valence-corrected chi connectivity index (χ0v) is 13.9. The largest absolute Gasteiger partial charge is 0.457 e. The van der Waals surface area contributed by atoms with Crippen molar-refractivity contribution in [1.29, 1.82) is 0 Å². The summed E-state index contributed by atoms with van der Waals surface area (Å²) in [5.74, 6) is 1.69. The van der Waals surface area contributed by atoms with Gasteiger partial charge >= 0.3 is 6.03 Å². The third-order valence-corrected chi connectivity index (χ3v) is 4.33. The molecule has 3 N–H and O–H groups in total. The van der Waals surface area contributed by atoms with Gasteiger partial charge in [-0.1, -0.05) is 18.2 Å². The lowest BCUT2D eigenvalue weighted by atomic mass is 9.92. The van der Waals surface area contributed by atoms with Crippen LogP contribution in [0, 0.1) is 0 Å². The van der Waals surface area contributed by atoms with E-state index in [2.05, 4.69) is 17.6 Å². The molecule has 2 aromatic rings. The summed E-state index contributed by atoms with van der Waals surface area (Å²) in [4.78, 5) is 10.9. The number of hydrazine groups is 1. The molecule has 0 fully saturated rings. The molecule has 1 aliphatic carbocycles. The Labute approximate surface area is 142 Å². The number of carbonyl (C=O) groups is 1. The minimum Gasteiger partial charge on any atom is -0.457 e. The van der Waals surface area contributed by atoms with E-state index in [1.165, 1.54) is 35.4 Å². The number of rotatable bonds is 5. The Bertz CT molecular complexity index is 713. The van der Waals surface area contributed by atoms with Gasteiger partial charge in [-0.25, -0.2) is 10.2 Å². The van der Waals surface area contributed by atoms with E-state index >= 15 is 0 Å². The first-order chi connectivity index (χ1) is 11.6. The summed E-state index contributed by atoms with van der Waals surface area (Å²) in [6, 6.07) is 13.7. The molecule has 0 heterocycles. The SMILES string of the molecule is CN(NCc1ccc(Oc2ccc3c(c2)CCCC3)cc1)C(N)=O. The van der Waals surface area contributed by atoms with Gasteiger partial charge in [-0.15, -0.1) is 0 Å². The zero-order valence-electron chi connectivity index (χ0n) is 13.9. The third kappa shape index (κ3) is 4.06. The summed E-state index contributed by atoms with van der Waals surface area (Å²) in [5, 5.41) is 1.26. The van der Waals surface area contributed by atoms with Gasteiger partial charge in [-0.3, -0.25) is 5.01 Å². The minimum atomic E-state index is -0.512. The molecule has 0 unspecified atom stereocenters. The first-order valence-corrected chi connectivity index (χ1v) is 8.27. The number of hydrogen-bond acceptors (Lipinski definition) is 3. The lowest BCUT2D eigenvalue weighted by molar-refractivity contribution is 0.195. The highest BCUT2D eigenvalue weighted by atomic mass is 16.5. The monoisotopic (exact) mass is 325 g/mol. The number of fused-ring (bicyclic) bond motifs is 1. The van der Waals surface area contributed by atoms with Crippen molar-refractivity contribution in [2.24, 2.45) is 5.73 Å². The Kier molecular flexibility index (Phi) is 5.01. The highest BCUT2D eigenvalue weighted by molar-refractivity contribution is 5.70. The fourth-order valence-electron chi connectivity index (χ4n) is 2.87. The van der Waals surface area contributed by atoms with Gasteiger partial charge in [0.15, 0.2) is 0 Å². The highest BCUT2D eigenvalue weighted by Crippen LogP contribution is 2.28. The number of nitrogens with zero attached hydrogens (tertiary/aromatic N) is 1. The summed E-state index contributed by atoms with van der Waals surface area (Å²) in [6.45, 7) is 0.526. The van der Waals surface area contributed by atoms with E-state index < -0.39 is 6.03 Å². The van der Waals surface area contributed by atoms with E-state index in [9.17, 15) is 4.79 Å². The molecule has 2 aromatic carbocycles. The van der Waals surface area contributed by atoms with Gasteiger partial charge < -0.3 is 10.5 Å². The van der Waals surface area contributed by atoms with Crippen LogP contribution in [0.5, 0.6) is 11.5 Å². The van der Waals surface area contributed by atoms with Crippen LogP contribution in [0.25, 0.3) is 0 Å². The van der Waals surface area contributed by atoms with E-state index in [4.69, 9.17) is 10.5 Å². The topological polar surface area (TPSA) is 67.6 Å². The molecule has 0 atom stereocenters. The fourth-order valence-corrected chi connectivity index (χ4v) is 2.87. The van der Waals surface area contributed by atoms with Crippen LogP contribution in [0.2, 0.25) is 0 Å². The molecule has 1 aliphatic rings. The van der Waals surface area contributed by atoms with Crippen LogP contribution in [0.1, 0.15) is 29.5 Å². The van der Waals surface area contributed by atoms with Crippen molar-refractivity contribution < 1.29 is 9.53 Å². The van der Waals surface area contributed by atoms with Gasteiger partial charge in [-0.2, -0.15) is 0 Å². The Morgan fingerprint density at radius 1 is 1.08 bits per heavy atom. The molecule has 126 valence electrons. The number of carbonyl (C=O) groups excluding carboxylic acids is 1. The number of aryl methyl sites for hydroxylation is 2. The van der Waals surface area contributed by atoms with Crippen LogP contribution in [0.15, 0.2) is 42.5 Å². The van der Waals surface area contributed by atoms with Gasteiger partial charge in [0.05, 0.1) is 0 Å². The molecule has 3 rings (SSSR count). The predicted octanol–water partition coefficient (Wildman–Crippen LogP) is 3.37. The summed E-state index contributed by atoms with van der Waals surface area (Å²) in [6.07, 6.45) is 4.87. The minimum absolute atomic E-state index is 0.512. The molecule has 5 nitrogen and oxygen atoms in total. The van der Waals surface area contributed by atoms with Crippen molar-refractivity contribution in [2.75, 3.05) is 7.05 Å². The number of hydrogen-bond donors (Lipinski definition) is 2.